The largest absolute Gasteiger partial charge is 0.298 e. The Morgan fingerprint density at radius 2 is 2.57 bits per heavy atom. The van der Waals surface area contributed by atoms with Crippen molar-refractivity contribution in [2.24, 2.45) is 0 Å². The molecule has 0 bridgehead atoms. The minimum Gasteiger partial charge on any atom is -0.298 e. The minimum atomic E-state index is -0.0888. The highest BCUT2D eigenvalue weighted by Gasteiger charge is 1.87. The predicted molar refractivity (Wildman–Crippen MR) is 22.4 cm³/mol. The molecule has 42 valence electrons. The average Bonchev–Trinajstić information content (AvgIpc) is 1.61. The number of carbonyl (C=O) groups excluding carboxylic acids is 1. The lowest BCUT2D eigenvalue weighted by Gasteiger charge is -1.90. The summed E-state index contributed by atoms with van der Waals surface area (Å²) < 4.78 is 0. The molecule has 0 spiro atoms. The lowest BCUT2D eigenvalue weighted by molar-refractivity contribution is -0.289. The summed E-state index contributed by atoms with van der Waals surface area (Å²) in [4.78, 5) is 13.3. The molecule has 0 atom stereocenters. The SMILES string of the molecule is CC(=O)CNOO. The van der Waals surface area contributed by atoms with Crippen LogP contribution in [0.3, 0.4) is 0 Å². The van der Waals surface area contributed by atoms with E-state index in [0.717, 1.165) is 0 Å². The topological polar surface area (TPSA) is 58.6 Å². The molecule has 0 saturated carbocycles. The molecule has 0 amide bonds. The molecular weight excluding hydrogens is 98.0 g/mol. The molecule has 7 heavy (non-hydrogen) atoms. The first-order valence-corrected chi connectivity index (χ1v) is 1.80. The van der Waals surface area contributed by atoms with Crippen molar-refractivity contribution in [3.8, 4) is 0 Å². The zero-order valence-electron chi connectivity index (χ0n) is 3.97. The van der Waals surface area contributed by atoms with Gasteiger partial charge in [-0.3, -0.25) is 4.79 Å². The molecule has 0 aromatic rings. The summed E-state index contributed by atoms with van der Waals surface area (Å²) >= 11 is 0. The second-order valence-electron chi connectivity index (χ2n) is 1.11. The van der Waals surface area contributed by atoms with Gasteiger partial charge in [-0.2, -0.15) is 5.48 Å². The van der Waals surface area contributed by atoms with E-state index in [0.29, 0.717) is 0 Å². The van der Waals surface area contributed by atoms with Gasteiger partial charge in [0.2, 0.25) is 0 Å². The summed E-state index contributed by atoms with van der Waals surface area (Å²) in [7, 11) is 0. The Kier molecular flexibility index (Phi) is 3.49. The number of ketones is 1. The fourth-order valence-electron chi connectivity index (χ4n) is 0.134. The number of hydrogen-bond donors (Lipinski definition) is 2. The maximum Gasteiger partial charge on any atom is 0.146 e. The van der Waals surface area contributed by atoms with Gasteiger partial charge in [-0.1, -0.05) is 0 Å². The molecule has 0 saturated heterocycles. The molecule has 0 aliphatic heterocycles. The van der Waals surface area contributed by atoms with Gasteiger partial charge in [-0.05, 0) is 6.92 Å². The summed E-state index contributed by atoms with van der Waals surface area (Å²) in [6.45, 7) is 1.42. The number of hydrogen-bond acceptors (Lipinski definition) is 4. The summed E-state index contributed by atoms with van der Waals surface area (Å²) in [5, 5.41) is 7.55. The van der Waals surface area contributed by atoms with Crippen molar-refractivity contribution < 1.29 is 15.0 Å². The van der Waals surface area contributed by atoms with Crippen molar-refractivity contribution in [1.29, 1.82) is 0 Å². The molecule has 0 radical (unpaired) electrons. The van der Waals surface area contributed by atoms with Crippen molar-refractivity contribution in [3.63, 3.8) is 0 Å². The molecule has 0 aliphatic rings. The summed E-state index contributed by atoms with van der Waals surface area (Å²) in [5.41, 5.74) is 1.95. The van der Waals surface area contributed by atoms with Crippen LogP contribution in [0.1, 0.15) is 6.92 Å². The van der Waals surface area contributed by atoms with Gasteiger partial charge in [0.15, 0.2) is 0 Å². The van der Waals surface area contributed by atoms with E-state index in [9.17, 15) is 4.79 Å². The number of hydroxylamine groups is 1. The molecule has 4 nitrogen and oxygen atoms in total. The number of rotatable bonds is 3. The molecular formula is C3H7NO3. The van der Waals surface area contributed by atoms with Crippen molar-refractivity contribution in [1.82, 2.24) is 5.48 Å². The Bertz CT molecular complexity index is 63.2. The van der Waals surface area contributed by atoms with E-state index in [4.69, 9.17) is 5.26 Å². The predicted octanol–water partition coefficient (Wildman–Crippen LogP) is -0.430. The fourth-order valence-corrected chi connectivity index (χ4v) is 0.134. The van der Waals surface area contributed by atoms with E-state index in [1.54, 1.807) is 0 Å². The van der Waals surface area contributed by atoms with E-state index >= 15 is 0 Å². The van der Waals surface area contributed by atoms with Crippen LogP contribution in [-0.2, 0) is 9.78 Å². The van der Waals surface area contributed by atoms with Gasteiger partial charge in [-0.15, -0.1) is 4.99 Å². The van der Waals surface area contributed by atoms with E-state index < -0.39 is 0 Å². The molecule has 4 heteroatoms. The average molecular weight is 105 g/mol. The third-order valence-electron chi connectivity index (χ3n) is 0.386. The molecule has 0 heterocycles. The quantitative estimate of drug-likeness (QED) is 0.377. The highest BCUT2D eigenvalue weighted by molar-refractivity contribution is 5.77. The van der Waals surface area contributed by atoms with E-state index in [-0.39, 0.29) is 12.3 Å². The van der Waals surface area contributed by atoms with Gasteiger partial charge in [0.25, 0.3) is 0 Å². The minimum absolute atomic E-state index is 0.0382. The van der Waals surface area contributed by atoms with Crippen molar-refractivity contribution >= 4 is 5.78 Å². The Morgan fingerprint density at radius 1 is 2.00 bits per heavy atom. The highest BCUT2D eigenvalue weighted by atomic mass is 17.2. The lowest BCUT2D eigenvalue weighted by Crippen LogP contribution is -2.19. The summed E-state index contributed by atoms with van der Waals surface area (Å²) in [6, 6.07) is 0. The smallest absolute Gasteiger partial charge is 0.146 e. The third-order valence-corrected chi connectivity index (χ3v) is 0.386. The number of carbonyl (C=O) groups is 1. The monoisotopic (exact) mass is 105 g/mol. The summed E-state index contributed by atoms with van der Waals surface area (Å²) in [5.74, 6) is -0.0888. The first-order valence-electron chi connectivity index (χ1n) is 1.80. The molecule has 2 N–H and O–H groups in total. The standard InChI is InChI=1S/C3H7NO3/c1-3(5)2-4-7-6/h4,6H,2H2,1H3. The van der Waals surface area contributed by atoms with E-state index in [1.807, 2.05) is 5.48 Å². The van der Waals surface area contributed by atoms with Crippen LogP contribution in [-0.4, -0.2) is 17.6 Å². The van der Waals surface area contributed by atoms with Gasteiger partial charge in [0, 0.05) is 0 Å². The van der Waals surface area contributed by atoms with Crippen LogP contribution >= 0.6 is 0 Å². The molecule has 0 aromatic carbocycles. The fraction of sp³-hybridized carbons (Fsp3) is 0.667. The second kappa shape index (κ2) is 3.73. The molecule has 0 rings (SSSR count). The van der Waals surface area contributed by atoms with Crippen molar-refractivity contribution in [3.05, 3.63) is 0 Å². The van der Waals surface area contributed by atoms with Crippen LogP contribution < -0.4 is 5.48 Å². The zero-order valence-corrected chi connectivity index (χ0v) is 3.97. The molecule has 0 aromatic heterocycles. The maximum atomic E-state index is 9.95. The Hall–Kier alpha value is -0.450. The van der Waals surface area contributed by atoms with Crippen molar-refractivity contribution in [2.75, 3.05) is 6.54 Å². The normalized spacial score (nSPS) is 8.86. The lowest BCUT2D eigenvalue weighted by atomic mass is 10.5. The van der Waals surface area contributed by atoms with Gasteiger partial charge >= 0.3 is 0 Å². The maximum absolute atomic E-state index is 9.95. The van der Waals surface area contributed by atoms with E-state index in [2.05, 4.69) is 4.99 Å². The summed E-state index contributed by atoms with van der Waals surface area (Å²) in [6.07, 6.45) is 0. The van der Waals surface area contributed by atoms with Gasteiger partial charge < -0.3 is 0 Å². The van der Waals surface area contributed by atoms with E-state index in [1.165, 1.54) is 6.92 Å². The van der Waals surface area contributed by atoms with Crippen LogP contribution in [0.5, 0.6) is 0 Å². The van der Waals surface area contributed by atoms with Crippen LogP contribution in [0.25, 0.3) is 0 Å². The number of nitrogens with one attached hydrogen (secondary N) is 1. The van der Waals surface area contributed by atoms with Gasteiger partial charge in [-0.25, -0.2) is 5.26 Å². The van der Waals surface area contributed by atoms with Gasteiger partial charge in [0.05, 0.1) is 6.54 Å². The van der Waals surface area contributed by atoms with Gasteiger partial charge in [0.1, 0.15) is 5.78 Å². The van der Waals surface area contributed by atoms with Crippen LogP contribution in [0.2, 0.25) is 0 Å². The number of Topliss-reactive ketones (excluding diaryl/α,β-unsaturated/α-hetero) is 1. The molecule has 0 aliphatic carbocycles. The highest BCUT2D eigenvalue weighted by Crippen LogP contribution is 1.60. The van der Waals surface area contributed by atoms with Crippen LogP contribution in [0.15, 0.2) is 0 Å². The van der Waals surface area contributed by atoms with Crippen molar-refractivity contribution in [2.45, 2.75) is 6.92 Å². The van der Waals surface area contributed by atoms with Crippen LogP contribution in [0.4, 0.5) is 0 Å². The Labute approximate surface area is 41.0 Å². The first-order chi connectivity index (χ1) is 3.27. The first kappa shape index (κ1) is 6.55. The third kappa shape index (κ3) is 5.55. The Balaban J connectivity index is 2.82. The Morgan fingerprint density at radius 3 is 2.71 bits per heavy atom. The molecule has 0 unspecified atom stereocenters. The van der Waals surface area contributed by atoms with Crippen LogP contribution in [0, 0.1) is 0 Å². The molecule has 0 fully saturated rings. The second-order valence-corrected chi connectivity index (χ2v) is 1.11. The zero-order chi connectivity index (χ0) is 5.70.